The average Bonchev–Trinajstić information content (AvgIpc) is 2.56. The van der Waals surface area contributed by atoms with Crippen molar-refractivity contribution < 1.29 is 14.3 Å². The molecule has 0 aromatic heterocycles. The molecule has 6 heteroatoms. The Morgan fingerprint density at radius 2 is 2.14 bits per heavy atom. The lowest BCUT2D eigenvalue weighted by atomic mass is 9.99. The lowest BCUT2D eigenvalue weighted by molar-refractivity contribution is -0.135. The number of carbonyl (C=O) groups excluding carboxylic acids is 1. The van der Waals surface area contributed by atoms with E-state index in [4.69, 9.17) is 14.9 Å². The Morgan fingerprint density at radius 3 is 2.77 bits per heavy atom. The fourth-order valence-electron chi connectivity index (χ4n) is 2.65. The molecule has 1 unspecified atom stereocenters. The van der Waals surface area contributed by atoms with Crippen LogP contribution in [0.5, 0.6) is 0 Å². The van der Waals surface area contributed by atoms with Gasteiger partial charge in [-0.15, -0.1) is 0 Å². The van der Waals surface area contributed by atoms with E-state index >= 15 is 0 Å². The summed E-state index contributed by atoms with van der Waals surface area (Å²) in [4.78, 5) is 11.8. The fourth-order valence-corrected chi connectivity index (χ4v) is 4.00. The fraction of sp³-hybridized carbons (Fsp3) is 0.500. The molecular formula is C16H23N2O3P. The first kappa shape index (κ1) is 16.9. The second-order valence-electron chi connectivity index (χ2n) is 5.35. The third-order valence-corrected chi connectivity index (χ3v) is 5.22. The standard InChI is InChI=1S/C16H23N2O3P/c1-20-15-12(16(19)21-2)3-4-14(17)13(15)10-22-9-11-5-7-18-8-6-11/h3-4,10-11,17-18,22H,5-9H2,1-2H3/b13-10+,17-14?. The number of piperidine rings is 1. The third-order valence-electron chi connectivity index (χ3n) is 3.92. The second kappa shape index (κ2) is 8.25. The van der Waals surface area contributed by atoms with E-state index in [1.807, 2.05) is 5.82 Å². The molecular weight excluding hydrogens is 299 g/mol. The molecule has 120 valence electrons. The number of hydrogen-bond donors (Lipinski definition) is 2. The van der Waals surface area contributed by atoms with Gasteiger partial charge in [-0.25, -0.2) is 4.79 Å². The molecule has 0 spiro atoms. The van der Waals surface area contributed by atoms with Gasteiger partial charge in [0.2, 0.25) is 0 Å². The highest BCUT2D eigenvalue weighted by atomic mass is 31.1. The zero-order valence-electron chi connectivity index (χ0n) is 13.1. The van der Waals surface area contributed by atoms with Crippen molar-refractivity contribution in [3.05, 3.63) is 34.9 Å². The van der Waals surface area contributed by atoms with Crippen molar-refractivity contribution in [1.82, 2.24) is 5.32 Å². The van der Waals surface area contributed by atoms with Crippen LogP contribution in [0.3, 0.4) is 0 Å². The van der Waals surface area contributed by atoms with Crippen molar-refractivity contribution in [3.63, 3.8) is 0 Å². The Morgan fingerprint density at radius 1 is 1.41 bits per heavy atom. The number of hydrogen-bond acceptors (Lipinski definition) is 5. The van der Waals surface area contributed by atoms with Crippen molar-refractivity contribution in [1.29, 1.82) is 5.41 Å². The summed E-state index contributed by atoms with van der Waals surface area (Å²) >= 11 is 0. The summed E-state index contributed by atoms with van der Waals surface area (Å²) in [6.45, 7) is 2.19. The molecule has 1 atom stereocenters. The summed E-state index contributed by atoms with van der Waals surface area (Å²) in [5.74, 6) is 2.79. The van der Waals surface area contributed by atoms with E-state index in [9.17, 15) is 4.79 Å². The number of methoxy groups -OCH3 is 2. The van der Waals surface area contributed by atoms with Crippen molar-refractivity contribution in [2.45, 2.75) is 12.8 Å². The van der Waals surface area contributed by atoms with Gasteiger partial charge in [-0.05, 0) is 50.2 Å². The number of allylic oxidation sites excluding steroid dienone is 2. The molecule has 0 saturated carbocycles. The molecule has 0 radical (unpaired) electrons. The van der Waals surface area contributed by atoms with E-state index in [1.165, 1.54) is 27.1 Å². The van der Waals surface area contributed by atoms with Gasteiger partial charge in [-0.2, -0.15) is 0 Å². The highest BCUT2D eigenvalue weighted by Gasteiger charge is 2.23. The lowest BCUT2D eigenvalue weighted by Crippen LogP contribution is -2.28. The zero-order chi connectivity index (χ0) is 15.9. The lowest BCUT2D eigenvalue weighted by Gasteiger charge is -2.22. The first-order valence-electron chi connectivity index (χ1n) is 7.45. The third kappa shape index (κ3) is 4.05. The van der Waals surface area contributed by atoms with Crippen molar-refractivity contribution >= 4 is 20.3 Å². The van der Waals surface area contributed by atoms with Crippen LogP contribution in [0.15, 0.2) is 34.9 Å². The van der Waals surface area contributed by atoms with Gasteiger partial charge in [0.05, 0.1) is 19.9 Å². The van der Waals surface area contributed by atoms with Gasteiger partial charge in [-0.1, -0.05) is 14.4 Å². The van der Waals surface area contributed by atoms with Crippen LogP contribution in [-0.2, 0) is 14.3 Å². The smallest absolute Gasteiger partial charge is 0.341 e. The SMILES string of the molecule is COC(=O)C1=C(OC)/C(=C/PCC2CCNCC2)C(=N)C=C1. The van der Waals surface area contributed by atoms with Crippen molar-refractivity contribution in [2.24, 2.45) is 5.92 Å². The molecule has 0 bridgehead atoms. The summed E-state index contributed by atoms with van der Waals surface area (Å²) in [7, 11) is 3.49. The van der Waals surface area contributed by atoms with Gasteiger partial charge in [0.25, 0.3) is 0 Å². The summed E-state index contributed by atoms with van der Waals surface area (Å²) < 4.78 is 10.1. The van der Waals surface area contributed by atoms with Crippen LogP contribution in [-0.4, -0.2) is 45.2 Å². The molecule has 2 rings (SSSR count). The maximum absolute atomic E-state index is 11.8. The monoisotopic (exact) mass is 322 g/mol. The molecule has 1 heterocycles. The number of carbonyl (C=O) groups is 1. The molecule has 2 N–H and O–H groups in total. The Kier molecular flexibility index (Phi) is 6.34. The molecule has 0 aromatic rings. The number of esters is 1. The van der Waals surface area contributed by atoms with E-state index < -0.39 is 5.97 Å². The summed E-state index contributed by atoms with van der Waals surface area (Å²) in [5.41, 5.74) is 1.44. The average molecular weight is 322 g/mol. The van der Waals surface area contributed by atoms with E-state index in [-0.39, 0.29) is 0 Å². The summed E-state index contributed by atoms with van der Waals surface area (Å²) in [6, 6.07) is 0. The molecule has 22 heavy (non-hydrogen) atoms. The van der Waals surface area contributed by atoms with Crippen LogP contribution in [0.2, 0.25) is 0 Å². The van der Waals surface area contributed by atoms with E-state index in [0.717, 1.165) is 25.2 Å². The number of rotatable bonds is 5. The van der Waals surface area contributed by atoms with Gasteiger partial charge in [-0.3, -0.25) is 0 Å². The predicted octanol–water partition coefficient (Wildman–Crippen LogP) is 2.21. The van der Waals surface area contributed by atoms with Crippen molar-refractivity contribution in [2.75, 3.05) is 33.5 Å². The minimum Gasteiger partial charge on any atom is -0.495 e. The largest absolute Gasteiger partial charge is 0.495 e. The van der Waals surface area contributed by atoms with Crippen LogP contribution >= 0.6 is 8.58 Å². The maximum Gasteiger partial charge on any atom is 0.341 e. The zero-order valence-corrected chi connectivity index (χ0v) is 14.1. The highest BCUT2D eigenvalue weighted by molar-refractivity contribution is 7.41. The minimum absolute atomic E-state index is 0.374. The quantitative estimate of drug-likeness (QED) is 0.601. The van der Waals surface area contributed by atoms with Crippen LogP contribution in [0.1, 0.15) is 12.8 Å². The van der Waals surface area contributed by atoms with E-state index in [0.29, 0.717) is 31.2 Å². The van der Waals surface area contributed by atoms with Crippen LogP contribution in [0, 0.1) is 11.3 Å². The molecule has 2 aliphatic rings. The van der Waals surface area contributed by atoms with E-state index in [2.05, 4.69) is 5.32 Å². The van der Waals surface area contributed by atoms with Crippen LogP contribution in [0.25, 0.3) is 0 Å². The van der Waals surface area contributed by atoms with Crippen LogP contribution < -0.4 is 5.32 Å². The minimum atomic E-state index is -0.437. The van der Waals surface area contributed by atoms with E-state index in [1.54, 1.807) is 12.2 Å². The summed E-state index contributed by atoms with van der Waals surface area (Å²) in [5, 5.41) is 11.4. The molecule has 1 fully saturated rings. The number of nitrogens with one attached hydrogen (secondary N) is 2. The predicted molar refractivity (Wildman–Crippen MR) is 89.8 cm³/mol. The molecule has 1 aliphatic carbocycles. The Labute approximate surface area is 133 Å². The number of ether oxygens (including phenoxy) is 2. The molecule has 5 nitrogen and oxygen atoms in total. The Hall–Kier alpha value is -1.45. The van der Waals surface area contributed by atoms with Gasteiger partial charge in [0.15, 0.2) is 0 Å². The Bertz CT molecular complexity index is 532. The van der Waals surface area contributed by atoms with Crippen LogP contribution in [0.4, 0.5) is 0 Å². The molecule has 0 amide bonds. The normalized spacial score (nSPS) is 21.9. The van der Waals surface area contributed by atoms with Crippen molar-refractivity contribution in [3.8, 4) is 0 Å². The molecule has 1 aliphatic heterocycles. The first-order chi connectivity index (χ1) is 10.7. The topological polar surface area (TPSA) is 71.4 Å². The second-order valence-corrected chi connectivity index (χ2v) is 6.45. The van der Waals surface area contributed by atoms with Gasteiger partial charge in [0.1, 0.15) is 11.3 Å². The van der Waals surface area contributed by atoms with Gasteiger partial charge >= 0.3 is 5.97 Å². The molecule has 0 aromatic carbocycles. The Balaban J connectivity index is 2.10. The molecule has 1 saturated heterocycles. The maximum atomic E-state index is 11.8. The van der Waals surface area contributed by atoms with Gasteiger partial charge in [0, 0.05) is 5.57 Å². The van der Waals surface area contributed by atoms with Gasteiger partial charge < -0.3 is 20.2 Å². The highest BCUT2D eigenvalue weighted by Crippen LogP contribution is 2.30. The summed E-state index contributed by atoms with van der Waals surface area (Å²) in [6.07, 6.45) is 6.77. The first-order valence-corrected chi connectivity index (χ1v) is 8.74.